The molecule has 0 aliphatic rings. The summed E-state index contributed by atoms with van der Waals surface area (Å²) in [5.41, 5.74) is 6.37. The van der Waals surface area contributed by atoms with Crippen molar-refractivity contribution in [3.63, 3.8) is 0 Å². The monoisotopic (exact) mass is 303 g/mol. The van der Waals surface area contributed by atoms with Gasteiger partial charge < -0.3 is 10.5 Å². The lowest BCUT2D eigenvalue weighted by Crippen LogP contribution is -2.44. The second kappa shape index (κ2) is 6.60. The number of methoxy groups -OCH3 is 1. The summed E-state index contributed by atoms with van der Waals surface area (Å²) in [4.78, 5) is 11.7. The van der Waals surface area contributed by atoms with Gasteiger partial charge in [0.2, 0.25) is 0 Å². The topological polar surface area (TPSA) is 52.3 Å². The fraction of sp³-hybridized carbons (Fsp3) is 0.500. The predicted octanol–water partition coefficient (Wildman–Crippen LogP) is 3.55. The Morgan fingerprint density at radius 3 is 2.63 bits per heavy atom. The van der Waals surface area contributed by atoms with Crippen LogP contribution in [0.5, 0.6) is 0 Å². The molecule has 0 radical (unpaired) electrons. The van der Waals surface area contributed by atoms with Gasteiger partial charge in [-0.1, -0.05) is 49.2 Å². The fourth-order valence-electron chi connectivity index (χ4n) is 2.19. The maximum absolute atomic E-state index is 11.7. The van der Waals surface area contributed by atoms with E-state index in [0.29, 0.717) is 10.0 Å². The number of carbonyl (C=O) groups excluding carboxylic acids is 1. The Bertz CT molecular complexity index is 465. The molecule has 1 aromatic rings. The van der Waals surface area contributed by atoms with Crippen LogP contribution in [0.2, 0.25) is 10.0 Å². The summed E-state index contributed by atoms with van der Waals surface area (Å²) in [5, 5.41) is 0.901. The predicted molar refractivity (Wildman–Crippen MR) is 78.7 cm³/mol. The highest BCUT2D eigenvalue weighted by Crippen LogP contribution is 2.39. The second-order valence-corrected chi connectivity index (χ2v) is 5.57. The Hall–Kier alpha value is -0.770. The minimum Gasteiger partial charge on any atom is -0.469 e. The average molecular weight is 304 g/mol. The molecule has 2 unspecified atom stereocenters. The molecule has 106 valence electrons. The maximum atomic E-state index is 11.7. The highest BCUT2D eigenvalue weighted by Gasteiger charge is 2.37. The van der Waals surface area contributed by atoms with Crippen molar-refractivity contribution in [3.05, 3.63) is 33.8 Å². The zero-order chi connectivity index (χ0) is 14.6. The summed E-state index contributed by atoms with van der Waals surface area (Å²) < 4.78 is 4.76. The van der Waals surface area contributed by atoms with Crippen LogP contribution in [0.15, 0.2) is 18.2 Å². The molecule has 1 rings (SSSR count). The van der Waals surface area contributed by atoms with Gasteiger partial charge in [-0.2, -0.15) is 0 Å². The van der Waals surface area contributed by atoms with Crippen LogP contribution >= 0.6 is 23.2 Å². The second-order valence-electron chi connectivity index (χ2n) is 4.79. The van der Waals surface area contributed by atoms with Crippen LogP contribution in [0.1, 0.15) is 32.3 Å². The number of ether oxygens (including phenoxy) is 1. The van der Waals surface area contributed by atoms with E-state index in [2.05, 4.69) is 0 Å². The maximum Gasteiger partial charge on any atom is 0.306 e. The van der Waals surface area contributed by atoms with Crippen LogP contribution in [0.4, 0.5) is 0 Å². The van der Waals surface area contributed by atoms with Crippen LogP contribution in [-0.2, 0) is 14.9 Å². The van der Waals surface area contributed by atoms with Gasteiger partial charge in [0.25, 0.3) is 0 Å². The van der Waals surface area contributed by atoms with Crippen molar-refractivity contribution in [2.75, 3.05) is 7.11 Å². The molecule has 0 aliphatic heterocycles. The normalized spacial score (nSPS) is 15.7. The molecule has 0 saturated carbocycles. The van der Waals surface area contributed by atoms with E-state index >= 15 is 0 Å². The van der Waals surface area contributed by atoms with E-state index in [1.807, 2.05) is 19.9 Å². The molecule has 0 aliphatic carbocycles. The third kappa shape index (κ3) is 3.41. The van der Waals surface area contributed by atoms with Crippen LogP contribution in [0.3, 0.4) is 0 Å². The fourth-order valence-corrected chi connectivity index (χ4v) is 2.71. The Labute approximate surface area is 124 Å². The van der Waals surface area contributed by atoms with Crippen molar-refractivity contribution in [2.24, 2.45) is 5.73 Å². The number of hydrogen-bond donors (Lipinski definition) is 1. The van der Waals surface area contributed by atoms with Crippen molar-refractivity contribution in [1.82, 2.24) is 0 Å². The Morgan fingerprint density at radius 1 is 1.47 bits per heavy atom. The number of halogens is 2. The van der Waals surface area contributed by atoms with Gasteiger partial charge in [-0.3, -0.25) is 4.79 Å². The van der Waals surface area contributed by atoms with Crippen molar-refractivity contribution in [3.8, 4) is 0 Å². The molecule has 0 spiro atoms. The van der Waals surface area contributed by atoms with Gasteiger partial charge in [-0.25, -0.2) is 0 Å². The smallest absolute Gasteiger partial charge is 0.306 e. The molecule has 3 nitrogen and oxygen atoms in total. The molecule has 0 heterocycles. The standard InChI is InChI=1S/C14H19Cl2NO2/c1-4-11(17)14(2,8-12(18)19-3)9-6-5-7-10(15)13(9)16/h5-7,11H,4,8,17H2,1-3H3. The molecule has 0 fully saturated rings. The summed E-state index contributed by atoms with van der Waals surface area (Å²) in [6, 6.07) is 5.15. The molecule has 0 amide bonds. The lowest BCUT2D eigenvalue weighted by molar-refractivity contribution is -0.142. The lowest BCUT2D eigenvalue weighted by atomic mass is 9.72. The van der Waals surface area contributed by atoms with E-state index in [-0.39, 0.29) is 18.4 Å². The van der Waals surface area contributed by atoms with E-state index in [1.165, 1.54) is 7.11 Å². The number of nitrogens with two attached hydrogens (primary N) is 1. The minimum atomic E-state index is -0.607. The molecule has 0 aromatic heterocycles. The Morgan fingerprint density at radius 2 is 2.11 bits per heavy atom. The zero-order valence-electron chi connectivity index (χ0n) is 11.4. The van der Waals surface area contributed by atoms with E-state index in [0.717, 1.165) is 12.0 Å². The zero-order valence-corrected chi connectivity index (χ0v) is 12.9. The van der Waals surface area contributed by atoms with Gasteiger partial charge in [-0.15, -0.1) is 0 Å². The number of benzene rings is 1. The molecular weight excluding hydrogens is 285 g/mol. The van der Waals surface area contributed by atoms with Gasteiger partial charge in [0.1, 0.15) is 0 Å². The van der Waals surface area contributed by atoms with Crippen LogP contribution in [0.25, 0.3) is 0 Å². The lowest BCUT2D eigenvalue weighted by Gasteiger charge is -2.35. The highest BCUT2D eigenvalue weighted by molar-refractivity contribution is 6.42. The van der Waals surface area contributed by atoms with Crippen molar-refractivity contribution < 1.29 is 9.53 Å². The van der Waals surface area contributed by atoms with Crippen LogP contribution in [-0.4, -0.2) is 19.1 Å². The Balaban J connectivity index is 3.30. The first-order valence-electron chi connectivity index (χ1n) is 6.13. The third-order valence-electron chi connectivity index (χ3n) is 3.56. The number of carbonyl (C=O) groups is 1. The first-order valence-corrected chi connectivity index (χ1v) is 6.89. The van der Waals surface area contributed by atoms with Crippen LogP contribution < -0.4 is 5.73 Å². The third-order valence-corrected chi connectivity index (χ3v) is 4.38. The van der Waals surface area contributed by atoms with E-state index < -0.39 is 5.41 Å². The van der Waals surface area contributed by atoms with Gasteiger partial charge in [-0.05, 0) is 18.1 Å². The first-order chi connectivity index (χ1) is 8.86. The van der Waals surface area contributed by atoms with Crippen molar-refractivity contribution >= 4 is 29.2 Å². The van der Waals surface area contributed by atoms with Gasteiger partial charge in [0, 0.05) is 11.5 Å². The van der Waals surface area contributed by atoms with E-state index in [1.54, 1.807) is 12.1 Å². The summed E-state index contributed by atoms with van der Waals surface area (Å²) in [5.74, 6) is -0.317. The summed E-state index contributed by atoms with van der Waals surface area (Å²) >= 11 is 12.3. The summed E-state index contributed by atoms with van der Waals surface area (Å²) in [7, 11) is 1.36. The first kappa shape index (κ1) is 16.3. The quantitative estimate of drug-likeness (QED) is 0.846. The van der Waals surface area contributed by atoms with Gasteiger partial charge in [0.05, 0.1) is 23.6 Å². The van der Waals surface area contributed by atoms with Gasteiger partial charge >= 0.3 is 5.97 Å². The molecular formula is C14H19Cl2NO2. The molecule has 5 heteroatoms. The van der Waals surface area contributed by atoms with Crippen molar-refractivity contribution in [2.45, 2.75) is 38.1 Å². The van der Waals surface area contributed by atoms with E-state index in [9.17, 15) is 4.79 Å². The number of hydrogen-bond acceptors (Lipinski definition) is 3. The molecule has 0 bridgehead atoms. The largest absolute Gasteiger partial charge is 0.469 e. The summed E-state index contributed by atoms with van der Waals surface area (Å²) in [6.45, 7) is 3.88. The molecule has 0 saturated heterocycles. The number of rotatable bonds is 5. The minimum absolute atomic E-state index is 0.165. The van der Waals surface area contributed by atoms with Gasteiger partial charge in [0.15, 0.2) is 0 Å². The molecule has 2 atom stereocenters. The Kier molecular flexibility index (Phi) is 5.65. The average Bonchev–Trinajstić information content (AvgIpc) is 2.40. The number of esters is 1. The molecule has 19 heavy (non-hydrogen) atoms. The van der Waals surface area contributed by atoms with E-state index in [4.69, 9.17) is 33.7 Å². The SMILES string of the molecule is CCC(N)C(C)(CC(=O)OC)c1cccc(Cl)c1Cl. The highest BCUT2D eigenvalue weighted by atomic mass is 35.5. The molecule has 1 aromatic carbocycles. The van der Waals surface area contributed by atoms with Crippen LogP contribution in [0, 0.1) is 0 Å². The summed E-state index contributed by atoms with van der Waals surface area (Å²) in [6.07, 6.45) is 0.884. The van der Waals surface area contributed by atoms with Crippen molar-refractivity contribution in [1.29, 1.82) is 0 Å². The molecule has 2 N–H and O–H groups in total.